The van der Waals surface area contributed by atoms with E-state index >= 15 is 0 Å². The van der Waals surface area contributed by atoms with Gasteiger partial charge in [-0.1, -0.05) is 19.9 Å². The molecule has 0 aliphatic carbocycles. The van der Waals surface area contributed by atoms with Crippen LogP contribution in [0.15, 0.2) is 18.2 Å². The van der Waals surface area contributed by atoms with E-state index in [1.54, 1.807) is 4.90 Å². The molecule has 136 valence electrons. The van der Waals surface area contributed by atoms with E-state index in [-0.39, 0.29) is 11.8 Å². The molecule has 1 saturated heterocycles. The molecule has 2 heterocycles. The smallest absolute Gasteiger partial charge is 0.223 e. The molecule has 3 rings (SSSR count). The number of fused-ring (bicyclic) bond motifs is 1. The van der Waals surface area contributed by atoms with Crippen LogP contribution in [-0.2, 0) is 9.59 Å². The average molecular weight is 346 g/mol. The predicted molar refractivity (Wildman–Crippen MR) is 93.8 cm³/mol. The van der Waals surface area contributed by atoms with Crippen LogP contribution in [0.1, 0.15) is 31.7 Å². The van der Waals surface area contributed by atoms with Crippen molar-refractivity contribution in [2.24, 2.45) is 5.92 Å². The monoisotopic (exact) mass is 346 g/mol. The third-order valence-corrected chi connectivity index (χ3v) is 5.01. The van der Waals surface area contributed by atoms with Gasteiger partial charge in [0.05, 0.1) is 0 Å². The number of hydrogen-bond acceptors (Lipinski definition) is 4. The molecule has 0 saturated carbocycles. The molecule has 0 bridgehead atoms. The average Bonchev–Trinajstić information content (AvgIpc) is 2.65. The minimum absolute atomic E-state index is 0.132. The maximum Gasteiger partial charge on any atom is 0.223 e. The molecule has 25 heavy (non-hydrogen) atoms. The molecule has 0 spiro atoms. The maximum absolute atomic E-state index is 12.7. The van der Waals surface area contributed by atoms with E-state index in [0.717, 1.165) is 23.5 Å². The fourth-order valence-electron chi connectivity index (χ4n) is 3.42. The van der Waals surface area contributed by atoms with Crippen molar-refractivity contribution in [1.29, 1.82) is 0 Å². The number of rotatable bonds is 5. The SMILES string of the molecule is CC(C)C(CC(=O)N1CCN(C=O)CC1)c1ccc2c(c1)OCCO2. The Kier molecular flexibility index (Phi) is 5.46. The van der Waals surface area contributed by atoms with E-state index in [1.165, 1.54) is 0 Å². The molecule has 0 aromatic heterocycles. The summed E-state index contributed by atoms with van der Waals surface area (Å²) in [7, 11) is 0. The van der Waals surface area contributed by atoms with Crippen LogP contribution in [0.5, 0.6) is 11.5 Å². The second kappa shape index (κ2) is 7.76. The van der Waals surface area contributed by atoms with Gasteiger partial charge in [-0.3, -0.25) is 9.59 Å². The Bertz CT molecular complexity index is 624. The molecule has 1 aromatic carbocycles. The number of carbonyl (C=O) groups is 2. The van der Waals surface area contributed by atoms with E-state index in [2.05, 4.69) is 13.8 Å². The summed E-state index contributed by atoms with van der Waals surface area (Å²) in [6.07, 6.45) is 1.33. The van der Waals surface area contributed by atoms with Crippen LogP contribution in [0.3, 0.4) is 0 Å². The Morgan fingerprint density at radius 2 is 1.80 bits per heavy atom. The molecular weight excluding hydrogens is 320 g/mol. The van der Waals surface area contributed by atoms with Crippen LogP contribution in [0.25, 0.3) is 0 Å². The third-order valence-electron chi connectivity index (χ3n) is 5.01. The quantitative estimate of drug-likeness (QED) is 0.764. The molecule has 0 radical (unpaired) electrons. The van der Waals surface area contributed by atoms with Crippen LogP contribution >= 0.6 is 0 Å². The van der Waals surface area contributed by atoms with Crippen LogP contribution < -0.4 is 9.47 Å². The van der Waals surface area contributed by atoms with Gasteiger partial charge in [0, 0.05) is 32.6 Å². The summed E-state index contributed by atoms with van der Waals surface area (Å²) in [5.41, 5.74) is 1.11. The van der Waals surface area contributed by atoms with Gasteiger partial charge in [0.25, 0.3) is 0 Å². The van der Waals surface area contributed by atoms with E-state index in [1.807, 2.05) is 23.1 Å². The van der Waals surface area contributed by atoms with E-state index in [0.29, 0.717) is 51.7 Å². The summed E-state index contributed by atoms with van der Waals surface area (Å²) in [4.78, 5) is 27.1. The molecule has 1 unspecified atom stereocenters. The zero-order valence-corrected chi connectivity index (χ0v) is 14.9. The molecule has 1 atom stereocenters. The number of amides is 2. The van der Waals surface area contributed by atoms with Gasteiger partial charge in [-0.2, -0.15) is 0 Å². The standard InChI is InChI=1S/C19H26N2O4/c1-14(2)16(12-19(23)21-7-5-20(13-22)6-8-21)15-3-4-17-18(11-15)25-10-9-24-17/h3-4,11,13-14,16H,5-10,12H2,1-2H3. The second-order valence-electron chi connectivity index (χ2n) is 6.98. The molecule has 1 fully saturated rings. The van der Waals surface area contributed by atoms with Crippen molar-refractivity contribution in [3.05, 3.63) is 23.8 Å². The van der Waals surface area contributed by atoms with Gasteiger partial charge in [-0.05, 0) is 29.5 Å². The first kappa shape index (κ1) is 17.6. The van der Waals surface area contributed by atoms with Crippen molar-refractivity contribution in [3.8, 4) is 11.5 Å². The highest BCUT2D eigenvalue weighted by atomic mass is 16.6. The van der Waals surface area contributed by atoms with Crippen molar-refractivity contribution in [3.63, 3.8) is 0 Å². The third kappa shape index (κ3) is 4.06. The normalized spacial score (nSPS) is 18.2. The molecule has 6 nitrogen and oxygen atoms in total. The highest BCUT2D eigenvalue weighted by molar-refractivity contribution is 5.77. The van der Waals surface area contributed by atoms with Crippen LogP contribution in [0.2, 0.25) is 0 Å². The largest absolute Gasteiger partial charge is 0.486 e. The first-order chi connectivity index (χ1) is 12.1. The fourth-order valence-corrected chi connectivity index (χ4v) is 3.42. The molecule has 2 amide bonds. The summed E-state index contributed by atoms with van der Waals surface area (Å²) in [6.45, 7) is 7.87. The number of piperazine rings is 1. The van der Waals surface area contributed by atoms with Crippen molar-refractivity contribution in [1.82, 2.24) is 9.80 Å². The first-order valence-corrected chi connectivity index (χ1v) is 8.95. The lowest BCUT2D eigenvalue weighted by Crippen LogP contribution is -2.48. The summed E-state index contributed by atoms with van der Waals surface area (Å²) >= 11 is 0. The number of benzene rings is 1. The Balaban J connectivity index is 1.69. The number of hydrogen-bond donors (Lipinski definition) is 0. The van der Waals surface area contributed by atoms with Gasteiger partial charge in [-0.15, -0.1) is 0 Å². The minimum atomic E-state index is 0.132. The van der Waals surface area contributed by atoms with Crippen molar-refractivity contribution in [2.75, 3.05) is 39.4 Å². The van der Waals surface area contributed by atoms with Gasteiger partial charge in [-0.25, -0.2) is 0 Å². The predicted octanol–water partition coefficient (Wildman–Crippen LogP) is 1.89. The van der Waals surface area contributed by atoms with E-state index in [9.17, 15) is 9.59 Å². The van der Waals surface area contributed by atoms with Crippen molar-refractivity contribution >= 4 is 12.3 Å². The summed E-state index contributed by atoms with van der Waals surface area (Å²) < 4.78 is 11.3. The Morgan fingerprint density at radius 1 is 1.12 bits per heavy atom. The summed E-state index contributed by atoms with van der Waals surface area (Å²) in [5, 5.41) is 0. The van der Waals surface area contributed by atoms with Gasteiger partial charge >= 0.3 is 0 Å². The number of ether oxygens (including phenoxy) is 2. The highest BCUT2D eigenvalue weighted by Gasteiger charge is 2.26. The van der Waals surface area contributed by atoms with Gasteiger partial charge in [0.1, 0.15) is 13.2 Å². The van der Waals surface area contributed by atoms with Crippen LogP contribution in [-0.4, -0.2) is 61.5 Å². The van der Waals surface area contributed by atoms with Gasteiger partial charge in [0.2, 0.25) is 12.3 Å². The molecule has 2 aliphatic heterocycles. The van der Waals surface area contributed by atoms with Gasteiger partial charge < -0.3 is 19.3 Å². The van der Waals surface area contributed by atoms with Crippen LogP contribution in [0, 0.1) is 5.92 Å². The molecule has 0 N–H and O–H groups in total. The van der Waals surface area contributed by atoms with Crippen LogP contribution in [0.4, 0.5) is 0 Å². The zero-order chi connectivity index (χ0) is 17.8. The van der Waals surface area contributed by atoms with E-state index in [4.69, 9.17) is 9.47 Å². The summed E-state index contributed by atoms with van der Waals surface area (Å²) in [5.74, 6) is 2.16. The van der Waals surface area contributed by atoms with Crippen molar-refractivity contribution < 1.29 is 19.1 Å². The Hall–Kier alpha value is -2.24. The summed E-state index contributed by atoms with van der Waals surface area (Å²) in [6, 6.07) is 5.99. The maximum atomic E-state index is 12.7. The fraction of sp³-hybridized carbons (Fsp3) is 0.579. The Labute approximate surface area is 148 Å². The lowest BCUT2D eigenvalue weighted by molar-refractivity contribution is -0.135. The lowest BCUT2D eigenvalue weighted by Gasteiger charge is -2.34. The topological polar surface area (TPSA) is 59.1 Å². The Morgan fingerprint density at radius 3 is 2.44 bits per heavy atom. The molecule has 6 heteroatoms. The lowest BCUT2D eigenvalue weighted by atomic mass is 9.85. The second-order valence-corrected chi connectivity index (χ2v) is 6.98. The first-order valence-electron chi connectivity index (χ1n) is 8.95. The highest BCUT2D eigenvalue weighted by Crippen LogP contribution is 2.36. The zero-order valence-electron chi connectivity index (χ0n) is 14.9. The molecule has 2 aliphatic rings. The van der Waals surface area contributed by atoms with Gasteiger partial charge in [0.15, 0.2) is 11.5 Å². The number of nitrogens with zero attached hydrogens (tertiary/aromatic N) is 2. The molecular formula is C19H26N2O4. The van der Waals surface area contributed by atoms with Crippen molar-refractivity contribution in [2.45, 2.75) is 26.2 Å². The van der Waals surface area contributed by atoms with E-state index < -0.39 is 0 Å². The minimum Gasteiger partial charge on any atom is -0.486 e. The number of carbonyl (C=O) groups excluding carboxylic acids is 2. The molecule has 1 aromatic rings.